The average molecular weight is 393 g/mol. The smallest absolute Gasteiger partial charge is 0.261 e. The van der Waals surface area contributed by atoms with Gasteiger partial charge in [-0.25, -0.2) is 0 Å². The molecular weight excluding hydrogens is 370 g/mol. The number of nitrogens with one attached hydrogen (secondary N) is 1. The molecule has 0 fully saturated rings. The van der Waals surface area contributed by atoms with Gasteiger partial charge in [0.25, 0.3) is 17.7 Å². The lowest BCUT2D eigenvalue weighted by molar-refractivity contribution is -0.122. The molecule has 0 bridgehead atoms. The van der Waals surface area contributed by atoms with Crippen LogP contribution in [-0.2, 0) is 11.3 Å². The van der Waals surface area contributed by atoms with Gasteiger partial charge in [-0.2, -0.15) is 0 Å². The largest absolute Gasteiger partial charge is 0.352 e. The summed E-state index contributed by atoms with van der Waals surface area (Å²) < 4.78 is 0. The van der Waals surface area contributed by atoms with Gasteiger partial charge in [-0.1, -0.05) is 24.3 Å². The number of carbonyl (C=O) groups excluding carboxylic acids is 4. The van der Waals surface area contributed by atoms with E-state index in [4.69, 9.17) is 0 Å². The van der Waals surface area contributed by atoms with Gasteiger partial charge in [0, 0.05) is 18.7 Å². The lowest BCUT2D eigenvalue weighted by Gasteiger charge is -2.18. The Balaban J connectivity index is 1.65. The summed E-state index contributed by atoms with van der Waals surface area (Å²) in [5.41, 5.74) is 1.98. The molecule has 7 heteroatoms. The van der Waals surface area contributed by atoms with Crippen LogP contribution < -0.4 is 5.32 Å². The number of amides is 4. The Morgan fingerprint density at radius 3 is 2.03 bits per heavy atom. The number of carbonyl (C=O) groups is 4. The van der Waals surface area contributed by atoms with Gasteiger partial charge >= 0.3 is 0 Å². The highest BCUT2D eigenvalue weighted by Gasteiger charge is 2.34. The molecule has 0 atom stereocenters. The fraction of sp³-hybridized carbons (Fsp3) is 0.273. The molecule has 3 rings (SSSR count). The van der Waals surface area contributed by atoms with Gasteiger partial charge in [-0.15, -0.1) is 0 Å². The van der Waals surface area contributed by atoms with E-state index in [1.54, 1.807) is 55.6 Å². The van der Waals surface area contributed by atoms with Crippen molar-refractivity contribution in [2.75, 3.05) is 13.6 Å². The Bertz CT molecular complexity index is 931. The van der Waals surface area contributed by atoms with Gasteiger partial charge in [-0.3, -0.25) is 24.1 Å². The molecule has 150 valence electrons. The number of nitrogens with zero attached hydrogens (tertiary/aromatic N) is 2. The molecule has 0 spiro atoms. The van der Waals surface area contributed by atoms with Crippen LogP contribution in [0.3, 0.4) is 0 Å². The van der Waals surface area contributed by atoms with Crippen molar-refractivity contribution in [2.45, 2.75) is 26.4 Å². The van der Waals surface area contributed by atoms with Crippen LogP contribution in [0.4, 0.5) is 0 Å². The highest BCUT2D eigenvalue weighted by Crippen LogP contribution is 2.24. The molecule has 0 unspecified atom stereocenters. The Morgan fingerprint density at radius 2 is 1.52 bits per heavy atom. The van der Waals surface area contributed by atoms with Crippen molar-refractivity contribution in [3.05, 3.63) is 70.8 Å². The zero-order valence-electron chi connectivity index (χ0n) is 16.6. The molecule has 4 amide bonds. The van der Waals surface area contributed by atoms with E-state index in [9.17, 15) is 19.2 Å². The number of imide groups is 1. The van der Waals surface area contributed by atoms with Crippen molar-refractivity contribution in [1.29, 1.82) is 0 Å². The minimum atomic E-state index is -0.318. The van der Waals surface area contributed by atoms with E-state index >= 15 is 0 Å². The summed E-state index contributed by atoms with van der Waals surface area (Å²) in [7, 11) is 1.56. The van der Waals surface area contributed by atoms with E-state index in [1.807, 2.05) is 13.8 Å². The van der Waals surface area contributed by atoms with Crippen LogP contribution >= 0.6 is 0 Å². The summed E-state index contributed by atoms with van der Waals surface area (Å²) in [6, 6.07) is 13.4. The molecule has 0 radical (unpaired) electrons. The van der Waals surface area contributed by atoms with Gasteiger partial charge < -0.3 is 10.2 Å². The van der Waals surface area contributed by atoms with Crippen LogP contribution in [0.5, 0.6) is 0 Å². The molecular formula is C22H23N3O4. The highest BCUT2D eigenvalue weighted by molar-refractivity contribution is 6.21. The summed E-state index contributed by atoms with van der Waals surface area (Å²) in [6.45, 7) is 3.81. The maximum Gasteiger partial charge on any atom is 0.261 e. The number of rotatable bonds is 6. The van der Waals surface area contributed by atoms with E-state index in [0.29, 0.717) is 16.7 Å². The summed E-state index contributed by atoms with van der Waals surface area (Å²) in [5, 5.41) is 2.74. The van der Waals surface area contributed by atoms with E-state index in [2.05, 4.69) is 5.32 Å². The monoisotopic (exact) mass is 393 g/mol. The fourth-order valence-corrected chi connectivity index (χ4v) is 3.19. The number of likely N-dealkylation sites (N-methyl/N-ethyl adjacent to an activating group) is 1. The zero-order chi connectivity index (χ0) is 21.1. The van der Waals surface area contributed by atoms with Crippen LogP contribution in [0.2, 0.25) is 0 Å². The third-order valence-corrected chi connectivity index (χ3v) is 4.60. The SMILES string of the molecule is CC(C)NC(=O)CN(C)C(=O)c1ccc(CN2C(=O)c3ccccc3C2=O)cc1. The number of benzene rings is 2. The molecule has 7 nitrogen and oxygen atoms in total. The van der Waals surface area contributed by atoms with Gasteiger partial charge in [0.15, 0.2) is 0 Å². The zero-order valence-corrected chi connectivity index (χ0v) is 16.6. The normalized spacial score (nSPS) is 12.9. The van der Waals surface area contributed by atoms with Crippen molar-refractivity contribution in [1.82, 2.24) is 15.1 Å². The van der Waals surface area contributed by atoms with Crippen LogP contribution in [0.15, 0.2) is 48.5 Å². The van der Waals surface area contributed by atoms with Gasteiger partial charge in [0.2, 0.25) is 5.91 Å². The summed E-state index contributed by atoms with van der Waals surface area (Å²) in [5.74, 6) is -1.14. The van der Waals surface area contributed by atoms with Crippen molar-refractivity contribution < 1.29 is 19.2 Å². The lowest BCUT2D eigenvalue weighted by Crippen LogP contribution is -2.40. The first kappa shape index (κ1) is 20.3. The number of hydrogen-bond donors (Lipinski definition) is 1. The highest BCUT2D eigenvalue weighted by atomic mass is 16.2. The molecule has 1 N–H and O–H groups in total. The molecule has 0 saturated carbocycles. The molecule has 0 aliphatic carbocycles. The first-order valence-corrected chi connectivity index (χ1v) is 9.37. The Kier molecular flexibility index (Phi) is 5.77. The standard InChI is InChI=1S/C22H23N3O4/c1-14(2)23-19(26)13-24(3)20(27)16-10-8-15(9-11-16)12-25-21(28)17-6-4-5-7-18(17)22(25)29/h4-11,14H,12-13H2,1-3H3,(H,23,26). The van der Waals surface area contributed by atoms with Crippen LogP contribution in [-0.4, -0.2) is 53.1 Å². The third-order valence-electron chi connectivity index (χ3n) is 4.60. The third kappa shape index (κ3) is 4.34. The average Bonchev–Trinajstić information content (AvgIpc) is 2.92. The summed E-state index contributed by atoms with van der Waals surface area (Å²) >= 11 is 0. The predicted octanol–water partition coefficient (Wildman–Crippen LogP) is 2.08. The first-order chi connectivity index (χ1) is 13.8. The Labute approximate surface area is 169 Å². The van der Waals surface area contributed by atoms with Crippen molar-refractivity contribution in [3.63, 3.8) is 0 Å². The molecule has 2 aromatic carbocycles. The first-order valence-electron chi connectivity index (χ1n) is 9.37. The van der Waals surface area contributed by atoms with Crippen molar-refractivity contribution in [3.8, 4) is 0 Å². The van der Waals surface area contributed by atoms with Crippen LogP contribution in [0.1, 0.15) is 50.5 Å². The van der Waals surface area contributed by atoms with E-state index < -0.39 is 0 Å². The second-order valence-corrected chi connectivity index (χ2v) is 7.32. The topological polar surface area (TPSA) is 86.8 Å². The molecule has 0 aromatic heterocycles. The van der Waals surface area contributed by atoms with Gasteiger partial charge in [0.1, 0.15) is 0 Å². The van der Waals surface area contributed by atoms with Gasteiger partial charge in [-0.05, 0) is 43.7 Å². The summed E-state index contributed by atoms with van der Waals surface area (Å²) in [4.78, 5) is 51.8. The minimum absolute atomic E-state index is 0.00688. The van der Waals surface area contributed by atoms with Crippen molar-refractivity contribution >= 4 is 23.6 Å². The van der Waals surface area contributed by atoms with Gasteiger partial charge in [0.05, 0.1) is 24.2 Å². The lowest BCUT2D eigenvalue weighted by atomic mass is 10.1. The summed E-state index contributed by atoms with van der Waals surface area (Å²) in [6.07, 6.45) is 0. The predicted molar refractivity (Wildman–Crippen MR) is 107 cm³/mol. The maximum absolute atomic E-state index is 12.5. The van der Waals surface area contributed by atoms with Crippen molar-refractivity contribution in [2.24, 2.45) is 0 Å². The number of fused-ring (bicyclic) bond motifs is 1. The van der Waals surface area contributed by atoms with Crippen LogP contribution in [0, 0.1) is 0 Å². The Morgan fingerprint density at radius 1 is 0.966 bits per heavy atom. The second kappa shape index (κ2) is 8.26. The molecule has 1 heterocycles. The molecule has 1 aliphatic heterocycles. The quantitative estimate of drug-likeness (QED) is 0.762. The molecule has 1 aliphatic rings. The molecule has 0 saturated heterocycles. The molecule has 2 aromatic rings. The second-order valence-electron chi connectivity index (χ2n) is 7.32. The van der Waals surface area contributed by atoms with Crippen LogP contribution in [0.25, 0.3) is 0 Å². The van der Waals surface area contributed by atoms with E-state index in [-0.39, 0.29) is 42.8 Å². The van der Waals surface area contributed by atoms with E-state index in [0.717, 1.165) is 5.56 Å². The van der Waals surface area contributed by atoms with E-state index in [1.165, 1.54) is 9.80 Å². The minimum Gasteiger partial charge on any atom is -0.352 e. The fourth-order valence-electron chi connectivity index (χ4n) is 3.19. The maximum atomic E-state index is 12.5. The molecule has 29 heavy (non-hydrogen) atoms. The number of hydrogen-bond acceptors (Lipinski definition) is 4. The Hall–Kier alpha value is -3.48.